The molecule has 2 rings (SSSR count). The summed E-state index contributed by atoms with van der Waals surface area (Å²) < 4.78 is 0. The molecule has 0 aliphatic heterocycles. The van der Waals surface area contributed by atoms with E-state index >= 15 is 0 Å². The number of hydrogen-bond donors (Lipinski definition) is 1. The lowest BCUT2D eigenvalue weighted by molar-refractivity contribution is -0.384. The number of halogens is 1. The molecular formula is C9H7ClN6O2. The second-order valence-electron chi connectivity index (χ2n) is 3.20. The van der Waals surface area contributed by atoms with Crippen LogP contribution in [0.15, 0.2) is 24.5 Å². The quantitative estimate of drug-likeness (QED) is 0.507. The fourth-order valence-corrected chi connectivity index (χ4v) is 1.35. The SMILES string of the molecule is O=[N+]([O-])c1cnc(Cl)nc1NCc1cccnn1. The lowest BCUT2D eigenvalue weighted by atomic mass is 10.4. The van der Waals surface area contributed by atoms with Crippen LogP contribution in [0, 0.1) is 10.1 Å². The molecule has 0 aromatic carbocycles. The number of nitro groups is 1. The first-order valence-corrected chi connectivity index (χ1v) is 5.22. The largest absolute Gasteiger partial charge is 0.358 e. The molecule has 92 valence electrons. The summed E-state index contributed by atoms with van der Waals surface area (Å²) in [4.78, 5) is 17.5. The number of anilines is 1. The third-order valence-corrected chi connectivity index (χ3v) is 2.18. The second-order valence-corrected chi connectivity index (χ2v) is 3.54. The fourth-order valence-electron chi connectivity index (χ4n) is 1.22. The molecule has 18 heavy (non-hydrogen) atoms. The molecule has 0 bridgehead atoms. The van der Waals surface area contributed by atoms with Gasteiger partial charge in [0.05, 0.1) is 17.2 Å². The van der Waals surface area contributed by atoms with E-state index in [1.54, 1.807) is 12.1 Å². The van der Waals surface area contributed by atoms with Crippen molar-refractivity contribution in [3.63, 3.8) is 0 Å². The second kappa shape index (κ2) is 5.32. The maximum absolute atomic E-state index is 10.8. The van der Waals surface area contributed by atoms with Crippen molar-refractivity contribution in [2.75, 3.05) is 5.32 Å². The summed E-state index contributed by atoms with van der Waals surface area (Å²) in [6.45, 7) is 0.252. The van der Waals surface area contributed by atoms with Gasteiger partial charge in [-0.1, -0.05) is 0 Å². The number of hydrogen-bond acceptors (Lipinski definition) is 7. The molecule has 0 aliphatic carbocycles. The monoisotopic (exact) mass is 266 g/mol. The van der Waals surface area contributed by atoms with Crippen molar-refractivity contribution in [3.05, 3.63) is 45.6 Å². The van der Waals surface area contributed by atoms with Crippen LogP contribution >= 0.6 is 11.6 Å². The van der Waals surface area contributed by atoms with E-state index in [2.05, 4.69) is 25.5 Å². The van der Waals surface area contributed by atoms with Gasteiger partial charge in [-0.05, 0) is 23.7 Å². The van der Waals surface area contributed by atoms with Gasteiger partial charge in [-0.15, -0.1) is 0 Å². The highest BCUT2D eigenvalue weighted by Gasteiger charge is 2.16. The molecule has 2 heterocycles. The van der Waals surface area contributed by atoms with Crippen LogP contribution in [0.3, 0.4) is 0 Å². The Hall–Kier alpha value is -2.35. The molecule has 2 aromatic heterocycles. The molecular weight excluding hydrogens is 260 g/mol. The molecule has 2 aromatic rings. The van der Waals surface area contributed by atoms with Gasteiger partial charge < -0.3 is 5.32 Å². The minimum Gasteiger partial charge on any atom is -0.358 e. The first kappa shape index (κ1) is 12.1. The Kier molecular flexibility index (Phi) is 3.58. The highest BCUT2D eigenvalue weighted by Crippen LogP contribution is 2.22. The predicted octanol–water partition coefficient (Wildman–Crippen LogP) is 1.44. The Morgan fingerprint density at radius 3 is 3.00 bits per heavy atom. The van der Waals surface area contributed by atoms with Crippen LogP contribution in [0.4, 0.5) is 11.5 Å². The molecule has 0 radical (unpaired) electrons. The molecule has 0 fully saturated rings. The lowest BCUT2D eigenvalue weighted by Crippen LogP contribution is -2.07. The number of aromatic nitrogens is 4. The van der Waals surface area contributed by atoms with E-state index < -0.39 is 4.92 Å². The normalized spacial score (nSPS) is 10.1. The average Bonchev–Trinajstić information content (AvgIpc) is 2.37. The van der Waals surface area contributed by atoms with Crippen LogP contribution in [0.25, 0.3) is 0 Å². The third-order valence-electron chi connectivity index (χ3n) is 2.00. The van der Waals surface area contributed by atoms with E-state index in [4.69, 9.17) is 11.6 Å². The molecule has 0 atom stereocenters. The summed E-state index contributed by atoms with van der Waals surface area (Å²) in [5, 5.41) is 21.0. The van der Waals surface area contributed by atoms with Crippen molar-refractivity contribution in [1.29, 1.82) is 0 Å². The van der Waals surface area contributed by atoms with Gasteiger partial charge in [-0.3, -0.25) is 10.1 Å². The molecule has 0 unspecified atom stereocenters. The summed E-state index contributed by atoms with van der Waals surface area (Å²) in [6.07, 6.45) is 2.59. The van der Waals surface area contributed by atoms with E-state index in [0.29, 0.717) is 5.69 Å². The summed E-state index contributed by atoms with van der Waals surface area (Å²) >= 11 is 5.59. The van der Waals surface area contributed by atoms with E-state index in [-0.39, 0.29) is 23.3 Å². The maximum Gasteiger partial charge on any atom is 0.329 e. The van der Waals surface area contributed by atoms with Crippen molar-refractivity contribution >= 4 is 23.1 Å². The van der Waals surface area contributed by atoms with E-state index in [1.807, 2.05) is 0 Å². The standard InChI is InChI=1S/C9H7ClN6O2/c10-9-12-5-7(16(17)18)8(14-9)11-4-6-2-1-3-13-15-6/h1-3,5H,4H2,(H,11,12,14). The first-order chi connectivity index (χ1) is 8.66. The van der Waals surface area contributed by atoms with E-state index in [1.165, 1.54) is 6.20 Å². The van der Waals surface area contributed by atoms with E-state index in [9.17, 15) is 10.1 Å². The fraction of sp³-hybridized carbons (Fsp3) is 0.111. The van der Waals surface area contributed by atoms with Crippen LogP contribution in [0.1, 0.15) is 5.69 Å². The van der Waals surface area contributed by atoms with Gasteiger partial charge in [0.2, 0.25) is 11.1 Å². The Bertz CT molecular complexity index is 564. The van der Waals surface area contributed by atoms with Gasteiger partial charge in [-0.2, -0.15) is 15.2 Å². The Morgan fingerprint density at radius 1 is 1.50 bits per heavy atom. The van der Waals surface area contributed by atoms with Crippen LogP contribution < -0.4 is 5.32 Å². The van der Waals surface area contributed by atoms with Gasteiger partial charge in [0.1, 0.15) is 6.20 Å². The topological polar surface area (TPSA) is 107 Å². The van der Waals surface area contributed by atoms with Crippen LogP contribution in [0.5, 0.6) is 0 Å². The van der Waals surface area contributed by atoms with Crippen molar-refractivity contribution in [1.82, 2.24) is 20.2 Å². The molecule has 0 saturated heterocycles. The first-order valence-electron chi connectivity index (χ1n) is 4.84. The Balaban J connectivity index is 2.18. The van der Waals surface area contributed by atoms with E-state index in [0.717, 1.165) is 6.20 Å². The molecule has 9 heteroatoms. The lowest BCUT2D eigenvalue weighted by Gasteiger charge is -2.04. The zero-order valence-corrected chi connectivity index (χ0v) is 9.70. The average molecular weight is 267 g/mol. The molecule has 0 spiro atoms. The summed E-state index contributed by atoms with van der Waals surface area (Å²) in [7, 11) is 0. The smallest absolute Gasteiger partial charge is 0.329 e. The molecule has 0 saturated carbocycles. The van der Waals surface area contributed by atoms with Crippen LogP contribution in [-0.2, 0) is 6.54 Å². The van der Waals surface area contributed by atoms with Crippen molar-refractivity contribution in [2.45, 2.75) is 6.54 Å². The van der Waals surface area contributed by atoms with Gasteiger partial charge in [-0.25, -0.2) is 4.98 Å². The van der Waals surface area contributed by atoms with Crippen LogP contribution in [0.2, 0.25) is 5.28 Å². The van der Waals surface area contributed by atoms with Crippen LogP contribution in [-0.4, -0.2) is 25.1 Å². The third kappa shape index (κ3) is 2.86. The van der Waals surface area contributed by atoms with Gasteiger partial charge >= 0.3 is 5.69 Å². The molecule has 1 N–H and O–H groups in total. The zero-order chi connectivity index (χ0) is 13.0. The minimum absolute atomic E-state index is 0.0469. The van der Waals surface area contributed by atoms with Gasteiger partial charge in [0, 0.05) is 6.20 Å². The highest BCUT2D eigenvalue weighted by atomic mass is 35.5. The number of nitrogens with one attached hydrogen (secondary N) is 1. The van der Waals surface area contributed by atoms with Gasteiger partial charge in [0.15, 0.2) is 0 Å². The molecule has 0 amide bonds. The van der Waals surface area contributed by atoms with Crippen molar-refractivity contribution in [2.24, 2.45) is 0 Å². The molecule has 8 nitrogen and oxygen atoms in total. The minimum atomic E-state index is -0.588. The Morgan fingerprint density at radius 2 is 2.33 bits per heavy atom. The number of nitrogens with zero attached hydrogens (tertiary/aromatic N) is 5. The summed E-state index contributed by atoms with van der Waals surface area (Å²) in [5.74, 6) is 0.0469. The summed E-state index contributed by atoms with van der Waals surface area (Å²) in [5.41, 5.74) is 0.379. The number of rotatable bonds is 4. The molecule has 0 aliphatic rings. The maximum atomic E-state index is 10.8. The highest BCUT2D eigenvalue weighted by molar-refractivity contribution is 6.28. The summed E-state index contributed by atoms with van der Waals surface area (Å²) in [6, 6.07) is 3.44. The van der Waals surface area contributed by atoms with Gasteiger partial charge in [0.25, 0.3) is 0 Å². The Labute approximate surface area is 106 Å². The zero-order valence-electron chi connectivity index (χ0n) is 8.95. The van der Waals surface area contributed by atoms with Crippen molar-refractivity contribution < 1.29 is 4.92 Å². The van der Waals surface area contributed by atoms with Crippen molar-refractivity contribution in [3.8, 4) is 0 Å². The predicted molar refractivity (Wildman–Crippen MR) is 63.1 cm³/mol.